The van der Waals surface area contributed by atoms with Crippen LogP contribution in [0, 0.1) is 6.92 Å². The third-order valence-corrected chi connectivity index (χ3v) is 3.02. The van der Waals surface area contributed by atoms with Gasteiger partial charge in [-0.3, -0.25) is 0 Å². The van der Waals surface area contributed by atoms with Crippen LogP contribution >= 0.6 is 0 Å². The molecular formula is C13H17O6. The molecule has 5 atom stereocenters. The number of hydrogen-bond acceptors (Lipinski definition) is 6. The summed E-state index contributed by atoms with van der Waals surface area (Å²) in [6, 6.07) is 6.73. The molecule has 0 aromatic heterocycles. The maximum Gasteiger partial charge on any atom is 0.229 e. The second-order valence-corrected chi connectivity index (χ2v) is 4.46. The number of hydrogen-bond donors (Lipinski definition) is 4. The summed E-state index contributed by atoms with van der Waals surface area (Å²) in [4.78, 5) is 0. The van der Waals surface area contributed by atoms with Crippen LogP contribution in [-0.4, -0.2) is 57.7 Å². The van der Waals surface area contributed by atoms with Crippen LogP contribution in [0.15, 0.2) is 24.3 Å². The van der Waals surface area contributed by atoms with Crippen LogP contribution in [0.25, 0.3) is 0 Å². The van der Waals surface area contributed by atoms with Gasteiger partial charge in [-0.2, -0.15) is 0 Å². The molecule has 0 amide bonds. The van der Waals surface area contributed by atoms with Gasteiger partial charge in [0.2, 0.25) is 6.29 Å². The van der Waals surface area contributed by atoms with Gasteiger partial charge in [0.05, 0.1) is 6.61 Å². The van der Waals surface area contributed by atoms with Crippen LogP contribution in [0.3, 0.4) is 0 Å². The molecule has 1 aliphatic rings. The van der Waals surface area contributed by atoms with E-state index in [0.717, 1.165) is 5.56 Å². The third kappa shape index (κ3) is 3.05. The zero-order chi connectivity index (χ0) is 14.0. The standard InChI is InChI=1S/C13H17O6/c1-7-2-4-8(5-3-7)18-13-12(17)11(16)10(15)9(6-14)19-13/h2-5,9-17H,1,6H2/t9-,10-,11+,12-,13-/m0/s1. The summed E-state index contributed by atoms with van der Waals surface area (Å²) in [6.07, 6.45) is -6.37. The zero-order valence-electron chi connectivity index (χ0n) is 10.2. The summed E-state index contributed by atoms with van der Waals surface area (Å²) in [7, 11) is 0. The van der Waals surface area contributed by atoms with E-state index >= 15 is 0 Å². The second kappa shape index (κ2) is 5.85. The maximum atomic E-state index is 9.78. The Kier molecular flexibility index (Phi) is 4.38. The van der Waals surface area contributed by atoms with Crippen LogP contribution in [0.5, 0.6) is 5.75 Å². The highest BCUT2D eigenvalue weighted by Crippen LogP contribution is 2.24. The molecule has 19 heavy (non-hydrogen) atoms. The van der Waals surface area contributed by atoms with E-state index in [2.05, 4.69) is 6.92 Å². The molecule has 4 N–H and O–H groups in total. The topological polar surface area (TPSA) is 99.4 Å². The minimum atomic E-state index is -1.44. The number of aliphatic hydroxyl groups excluding tert-OH is 4. The van der Waals surface area contributed by atoms with Gasteiger partial charge in [0.25, 0.3) is 0 Å². The van der Waals surface area contributed by atoms with Gasteiger partial charge in [-0.15, -0.1) is 0 Å². The van der Waals surface area contributed by atoms with Crippen molar-refractivity contribution in [3.8, 4) is 5.75 Å². The summed E-state index contributed by atoms with van der Waals surface area (Å²) in [5, 5.41) is 38.1. The Bertz CT molecular complexity index is 404. The Hall–Kier alpha value is -1.18. The summed E-state index contributed by atoms with van der Waals surface area (Å²) < 4.78 is 10.6. The fourth-order valence-corrected chi connectivity index (χ4v) is 1.87. The van der Waals surface area contributed by atoms with Gasteiger partial charge in [-0.05, 0) is 24.6 Å². The second-order valence-electron chi connectivity index (χ2n) is 4.46. The summed E-state index contributed by atoms with van der Waals surface area (Å²) in [6.45, 7) is 3.24. The van der Waals surface area contributed by atoms with E-state index in [1.165, 1.54) is 0 Å². The molecule has 6 nitrogen and oxygen atoms in total. The molecule has 0 bridgehead atoms. The average molecular weight is 269 g/mol. The lowest BCUT2D eigenvalue weighted by Gasteiger charge is -2.39. The Labute approximate surface area is 110 Å². The number of aliphatic hydroxyl groups is 4. The number of rotatable bonds is 3. The van der Waals surface area contributed by atoms with E-state index < -0.39 is 37.3 Å². The van der Waals surface area contributed by atoms with Gasteiger partial charge in [-0.1, -0.05) is 12.1 Å². The van der Waals surface area contributed by atoms with Crippen molar-refractivity contribution in [3.05, 3.63) is 36.8 Å². The highest BCUT2D eigenvalue weighted by Gasteiger charge is 2.44. The smallest absolute Gasteiger partial charge is 0.229 e. The van der Waals surface area contributed by atoms with Crippen LogP contribution in [0.2, 0.25) is 0 Å². The van der Waals surface area contributed by atoms with Gasteiger partial charge in [0.15, 0.2) is 0 Å². The van der Waals surface area contributed by atoms with E-state index in [-0.39, 0.29) is 0 Å². The predicted molar refractivity (Wildman–Crippen MR) is 65.3 cm³/mol. The van der Waals surface area contributed by atoms with Gasteiger partial charge in [0.1, 0.15) is 30.2 Å². The molecule has 1 radical (unpaired) electrons. The first kappa shape index (κ1) is 14.2. The molecule has 6 heteroatoms. The van der Waals surface area contributed by atoms with Gasteiger partial charge in [0, 0.05) is 0 Å². The lowest BCUT2D eigenvalue weighted by Crippen LogP contribution is -2.60. The van der Waals surface area contributed by atoms with Gasteiger partial charge >= 0.3 is 0 Å². The molecule has 1 aromatic carbocycles. The van der Waals surface area contributed by atoms with E-state index in [0.29, 0.717) is 5.75 Å². The third-order valence-electron chi connectivity index (χ3n) is 3.02. The zero-order valence-corrected chi connectivity index (χ0v) is 10.2. The molecule has 1 fully saturated rings. The predicted octanol–water partition coefficient (Wildman–Crippen LogP) is -0.953. The molecule has 1 saturated heterocycles. The van der Waals surface area contributed by atoms with Crippen LogP contribution in [-0.2, 0) is 4.74 Å². The molecule has 1 aliphatic heterocycles. The lowest BCUT2D eigenvalue weighted by molar-refractivity contribution is -0.277. The minimum absolute atomic E-state index is 0.428. The normalized spacial score (nSPS) is 35.1. The van der Waals surface area contributed by atoms with E-state index in [9.17, 15) is 15.3 Å². The summed E-state index contributed by atoms with van der Waals surface area (Å²) in [5.41, 5.74) is 0.807. The quantitative estimate of drug-likeness (QED) is 0.564. The van der Waals surface area contributed by atoms with Crippen molar-refractivity contribution in [1.29, 1.82) is 0 Å². The van der Waals surface area contributed by atoms with Crippen molar-refractivity contribution >= 4 is 0 Å². The summed E-state index contributed by atoms with van der Waals surface area (Å²) in [5.74, 6) is 0.428. The highest BCUT2D eigenvalue weighted by atomic mass is 16.7. The first-order valence-electron chi connectivity index (χ1n) is 5.92. The number of ether oxygens (including phenoxy) is 2. The van der Waals surface area contributed by atoms with Crippen molar-refractivity contribution in [1.82, 2.24) is 0 Å². The molecule has 0 saturated carbocycles. The van der Waals surface area contributed by atoms with Gasteiger partial charge < -0.3 is 29.9 Å². The fraction of sp³-hybridized carbons (Fsp3) is 0.462. The Balaban J connectivity index is 2.08. The molecule has 2 rings (SSSR count). The minimum Gasteiger partial charge on any atom is -0.462 e. The largest absolute Gasteiger partial charge is 0.462 e. The molecular weight excluding hydrogens is 252 g/mol. The van der Waals surface area contributed by atoms with E-state index in [1.54, 1.807) is 24.3 Å². The Morgan fingerprint density at radius 1 is 1.05 bits per heavy atom. The highest BCUT2D eigenvalue weighted by molar-refractivity contribution is 5.28. The van der Waals surface area contributed by atoms with Gasteiger partial charge in [-0.25, -0.2) is 0 Å². The molecule has 1 aromatic rings. The van der Waals surface area contributed by atoms with E-state index in [4.69, 9.17) is 14.6 Å². The van der Waals surface area contributed by atoms with Crippen molar-refractivity contribution in [2.24, 2.45) is 0 Å². The summed E-state index contributed by atoms with van der Waals surface area (Å²) >= 11 is 0. The average Bonchev–Trinajstić information content (AvgIpc) is 2.42. The first-order chi connectivity index (χ1) is 9.02. The molecule has 105 valence electrons. The van der Waals surface area contributed by atoms with Crippen molar-refractivity contribution in [2.75, 3.05) is 6.61 Å². The molecule has 0 unspecified atom stereocenters. The Morgan fingerprint density at radius 3 is 2.26 bits per heavy atom. The fourth-order valence-electron chi connectivity index (χ4n) is 1.87. The SMILES string of the molecule is [CH2]c1ccc(O[C@H]2O[C@@H](CO)[C@H](O)[C@@H](O)[C@@H]2O)cc1. The lowest BCUT2D eigenvalue weighted by atomic mass is 9.99. The van der Waals surface area contributed by atoms with Crippen LogP contribution in [0.1, 0.15) is 5.56 Å². The van der Waals surface area contributed by atoms with Crippen molar-refractivity contribution < 1.29 is 29.9 Å². The molecule has 0 aliphatic carbocycles. The maximum absolute atomic E-state index is 9.78. The van der Waals surface area contributed by atoms with Crippen molar-refractivity contribution in [3.63, 3.8) is 0 Å². The number of benzene rings is 1. The first-order valence-corrected chi connectivity index (χ1v) is 5.92. The van der Waals surface area contributed by atoms with Crippen LogP contribution < -0.4 is 4.74 Å². The van der Waals surface area contributed by atoms with Crippen molar-refractivity contribution in [2.45, 2.75) is 30.7 Å². The van der Waals surface area contributed by atoms with E-state index in [1.807, 2.05) is 0 Å². The molecule has 1 heterocycles. The monoisotopic (exact) mass is 269 g/mol. The van der Waals surface area contributed by atoms with Crippen LogP contribution in [0.4, 0.5) is 0 Å². The molecule has 0 spiro atoms. The Morgan fingerprint density at radius 2 is 1.68 bits per heavy atom.